The van der Waals surface area contributed by atoms with Gasteiger partial charge in [0.05, 0.1) is 18.8 Å². The Kier molecular flexibility index (Phi) is 3.79. The molecule has 0 radical (unpaired) electrons. The predicted octanol–water partition coefficient (Wildman–Crippen LogP) is 0.349. The van der Waals surface area contributed by atoms with E-state index >= 15 is 0 Å². The summed E-state index contributed by atoms with van der Waals surface area (Å²) in [4.78, 5) is 0. The molecule has 1 fully saturated rings. The topological polar surface area (TPSA) is 79.2 Å². The monoisotopic (exact) mass is 280 g/mol. The van der Waals surface area contributed by atoms with Gasteiger partial charge < -0.3 is 24.8 Å². The molecule has 3 N–H and O–H groups in total. The van der Waals surface area contributed by atoms with Gasteiger partial charge in [-0.05, 0) is 17.5 Å². The molecule has 2 aliphatic rings. The molecule has 1 spiro atoms. The van der Waals surface area contributed by atoms with Crippen LogP contribution in [0.15, 0.2) is 24.3 Å². The Hall–Kier alpha value is -0.980. The Labute approximate surface area is 117 Å². The number of hydrogen-bond acceptors (Lipinski definition) is 5. The Morgan fingerprint density at radius 3 is 2.70 bits per heavy atom. The second-order valence-corrected chi connectivity index (χ2v) is 5.55. The lowest BCUT2D eigenvalue weighted by Crippen LogP contribution is -2.61. The van der Waals surface area contributed by atoms with E-state index in [0.717, 1.165) is 11.1 Å². The van der Waals surface area contributed by atoms with Crippen LogP contribution in [0.5, 0.6) is 0 Å². The summed E-state index contributed by atoms with van der Waals surface area (Å²) < 4.78 is 11.7. The van der Waals surface area contributed by atoms with Crippen LogP contribution < -0.4 is 0 Å². The van der Waals surface area contributed by atoms with Gasteiger partial charge in [-0.1, -0.05) is 24.3 Å². The average molecular weight is 280 g/mol. The van der Waals surface area contributed by atoms with E-state index in [4.69, 9.17) is 14.6 Å². The lowest BCUT2D eigenvalue weighted by Gasteiger charge is -2.48. The second kappa shape index (κ2) is 5.42. The van der Waals surface area contributed by atoms with Crippen molar-refractivity contribution in [1.82, 2.24) is 0 Å². The third-order valence-corrected chi connectivity index (χ3v) is 4.16. The maximum atomic E-state index is 10.3. The van der Waals surface area contributed by atoms with Crippen LogP contribution in [0.3, 0.4) is 0 Å². The van der Waals surface area contributed by atoms with E-state index < -0.39 is 18.0 Å². The van der Waals surface area contributed by atoms with Crippen molar-refractivity contribution >= 4 is 0 Å². The molecule has 5 nitrogen and oxygen atoms in total. The third-order valence-electron chi connectivity index (χ3n) is 4.16. The molecular weight excluding hydrogens is 260 g/mol. The van der Waals surface area contributed by atoms with E-state index in [1.165, 1.54) is 0 Å². The van der Waals surface area contributed by atoms with Crippen LogP contribution in [0.1, 0.15) is 24.0 Å². The van der Waals surface area contributed by atoms with Gasteiger partial charge >= 0.3 is 0 Å². The van der Waals surface area contributed by atoms with Crippen LogP contribution in [0.4, 0.5) is 0 Å². The van der Waals surface area contributed by atoms with Crippen LogP contribution in [-0.2, 0) is 22.5 Å². The third kappa shape index (κ3) is 2.36. The Morgan fingerprint density at radius 2 is 1.95 bits per heavy atom. The van der Waals surface area contributed by atoms with Gasteiger partial charge in [-0.15, -0.1) is 0 Å². The highest BCUT2D eigenvalue weighted by atomic mass is 16.7. The summed E-state index contributed by atoms with van der Waals surface area (Å²) >= 11 is 0. The summed E-state index contributed by atoms with van der Waals surface area (Å²) in [6, 6.07) is 7.85. The summed E-state index contributed by atoms with van der Waals surface area (Å²) in [6.07, 6.45) is -1.13. The number of ether oxygens (including phenoxy) is 2. The first kappa shape index (κ1) is 14.0. The number of fused-ring (bicyclic) bond motifs is 1. The Morgan fingerprint density at radius 1 is 1.20 bits per heavy atom. The minimum absolute atomic E-state index is 0.0137. The zero-order chi connectivity index (χ0) is 14.2. The highest BCUT2D eigenvalue weighted by Gasteiger charge is 2.51. The standard InChI is InChI=1S/C15H20O5/c16-6-5-12-7-13(17)14(18)15(20-12)8-10-3-1-2-4-11(10)9-19-15/h1-4,12-14,16-18H,5-9H2/t12-,13-,14+,15-/m1/s1. The first-order chi connectivity index (χ1) is 9.64. The molecular formula is C15H20O5. The quantitative estimate of drug-likeness (QED) is 0.728. The van der Waals surface area contributed by atoms with Crippen molar-refractivity contribution in [3.8, 4) is 0 Å². The predicted molar refractivity (Wildman–Crippen MR) is 70.9 cm³/mol. The molecule has 20 heavy (non-hydrogen) atoms. The first-order valence-corrected chi connectivity index (χ1v) is 7.00. The molecule has 3 rings (SSSR count). The van der Waals surface area contributed by atoms with Gasteiger partial charge in [0, 0.05) is 19.4 Å². The molecule has 0 aromatic heterocycles. The molecule has 0 saturated carbocycles. The lowest BCUT2D eigenvalue weighted by atomic mass is 9.86. The van der Waals surface area contributed by atoms with Crippen molar-refractivity contribution in [2.45, 2.75) is 50.0 Å². The normalized spacial score (nSPS) is 36.9. The summed E-state index contributed by atoms with van der Waals surface area (Å²) in [7, 11) is 0. The number of aliphatic hydroxyl groups is 3. The first-order valence-electron chi connectivity index (χ1n) is 7.00. The summed E-state index contributed by atoms with van der Waals surface area (Å²) in [5.74, 6) is -1.20. The van der Waals surface area contributed by atoms with Crippen molar-refractivity contribution in [2.24, 2.45) is 0 Å². The SMILES string of the molecule is OCC[C@@H]1C[C@@H](O)[C@H](O)[C@@]2(Cc3ccccc3CO2)O1. The molecule has 1 aromatic carbocycles. The summed E-state index contributed by atoms with van der Waals surface area (Å²) in [5.41, 5.74) is 2.14. The summed E-state index contributed by atoms with van der Waals surface area (Å²) in [5, 5.41) is 29.4. The molecule has 0 unspecified atom stereocenters. The van der Waals surface area contributed by atoms with Crippen LogP contribution in [0.25, 0.3) is 0 Å². The number of aliphatic hydroxyl groups excluding tert-OH is 3. The van der Waals surface area contributed by atoms with E-state index in [1.54, 1.807) is 0 Å². The highest BCUT2D eigenvalue weighted by Crippen LogP contribution is 2.39. The van der Waals surface area contributed by atoms with Gasteiger partial charge in [0.2, 0.25) is 5.79 Å². The Bertz CT molecular complexity index is 477. The molecule has 2 heterocycles. The van der Waals surface area contributed by atoms with Gasteiger partial charge in [0.15, 0.2) is 0 Å². The highest BCUT2D eigenvalue weighted by molar-refractivity contribution is 5.30. The number of hydrogen-bond donors (Lipinski definition) is 3. The van der Waals surface area contributed by atoms with Crippen molar-refractivity contribution in [3.05, 3.63) is 35.4 Å². The van der Waals surface area contributed by atoms with Gasteiger partial charge in [-0.2, -0.15) is 0 Å². The van der Waals surface area contributed by atoms with Crippen molar-refractivity contribution in [1.29, 1.82) is 0 Å². The maximum Gasteiger partial charge on any atom is 0.201 e. The molecule has 4 atom stereocenters. The van der Waals surface area contributed by atoms with Gasteiger partial charge in [-0.25, -0.2) is 0 Å². The van der Waals surface area contributed by atoms with Crippen molar-refractivity contribution in [3.63, 3.8) is 0 Å². The molecule has 0 amide bonds. The minimum atomic E-state index is -1.20. The van der Waals surface area contributed by atoms with Crippen LogP contribution in [0.2, 0.25) is 0 Å². The average Bonchev–Trinajstić information content (AvgIpc) is 2.45. The van der Waals surface area contributed by atoms with E-state index in [0.29, 0.717) is 25.9 Å². The number of rotatable bonds is 2. The molecule has 0 aliphatic carbocycles. The van der Waals surface area contributed by atoms with Gasteiger partial charge in [0.1, 0.15) is 6.10 Å². The minimum Gasteiger partial charge on any atom is -0.396 e. The Balaban J connectivity index is 1.87. The molecule has 2 aliphatic heterocycles. The van der Waals surface area contributed by atoms with E-state index in [1.807, 2.05) is 24.3 Å². The molecule has 110 valence electrons. The van der Waals surface area contributed by atoms with Crippen molar-refractivity contribution in [2.75, 3.05) is 6.61 Å². The smallest absolute Gasteiger partial charge is 0.201 e. The fourth-order valence-electron chi connectivity index (χ4n) is 3.06. The second-order valence-electron chi connectivity index (χ2n) is 5.55. The zero-order valence-electron chi connectivity index (χ0n) is 11.2. The van der Waals surface area contributed by atoms with E-state index in [9.17, 15) is 10.2 Å². The number of benzene rings is 1. The fraction of sp³-hybridized carbons (Fsp3) is 0.600. The fourth-order valence-corrected chi connectivity index (χ4v) is 3.06. The van der Waals surface area contributed by atoms with Crippen LogP contribution in [0, 0.1) is 0 Å². The van der Waals surface area contributed by atoms with Crippen LogP contribution in [-0.4, -0.2) is 46.0 Å². The molecule has 1 saturated heterocycles. The van der Waals surface area contributed by atoms with Gasteiger partial charge in [0.25, 0.3) is 0 Å². The van der Waals surface area contributed by atoms with Crippen LogP contribution >= 0.6 is 0 Å². The van der Waals surface area contributed by atoms with E-state index in [-0.39, 0.29) is 12.7 Å². The molecule has 5 heteroatoms. The van der Waals surface area contributed by atoms with E-state index in [2.05, 4.69) is 0 Å². The maximum absolute atomic E-state index is 10.3. The molecule has 0 bridgehead atoms. The molecule has 1 aromatic rings. The largest absolute Gasteiger partial charge is 0.396 e. The lowest BCUT2D eigenvalue weighted by molar-refractivity contribution is -0.349. The summed E-state index contributed by atoms with van der Waals surface area (Å²) in [6.45, 7) is 0.339. The van der Waals surface area contributed by atoms with Crippen molar-refractivity contribution < 1.29 is 24.8 Å². The zero-order valence-corrected chi connectivity index (χ0v) is 11.2. The van der Waals surface area contributed by atoms with Gasteiger partial charge in [-0.3, -0.25) is 0 Å².